The molecular formula is C19H31N3OS. The van der Waals surface area contributed by atoms with Gasteiger partial charge in [0.2, 0.25) is 5.91 Å². The van der Waals surface area contributed by atoms with Gasteiger partial charge in [-0.3, -0.25) is 9.69 Å². The number of nitrogens with one attached hydrogen (secondary N) is 1. The number of hydrogen-bond donors (Lipinski definition) is 1. The summed E-state index contributed by atoms with van der Waals surface area (Å²) in [7, 11) is 0. The van der Waals surface area contributed by atoms with E-state index in [0.717, 1.165) is 31.1 Å². The first-order valence-electron chi connectivity index (χ1n) is 9.47. The Balaban J connectivity index is 1.47. The predicted octanol–water partition coefficient (Wildman–Crippen LogP) is 3.60. The Morgan fingerprint density at radius 2 is 2.17 bits per heavy atom. The van der Waals surface area contributed by atoms with Gasteiger partial charge in [-0.15, -0.1) is 11.3 Å². The number of rotatable bonds is 5. The average Bonchev–Trinajstić information content (AvgIpc) is 3.21. The fourth-order valence-corrected chi connectivity index (χ4v) is 5.11. The van der Waals surface area contributed by atoms with E-state index >= 15 is 0 Å². The highest BCUT2D eigenvalue weighted by Crippen LogP contribution is 2.31. The van der Waals surface area contributed by atoms with E-state index in [4.69, 9.17) is 0 Å². The third kappa shape index (κ3) is 4.37. The molecular weight excluding hydrogens is 318 g/mol. The van der Waals surface area contributed by atoms with Crippen molar-refractivity contribution in [2.75, 3.05) is 13.1 Å². The lowest BCUT2D eigenvalue weighted by Gasteiger charge is -2.37. The molecule has 0 bridgehead atoms. The summed E-state index contributed by atoms with van der Waals surface area (Å²) in [4.78, 5) is 20.8. The molecule has 2 fully saturated rings. The summed E-state index contributed by atoms with van der Waals surface area (Å²) in [6.45, 7) is 9.56. The molecule has 0 radical (unpaired) electrons. The van der Waals surface area contributed by atoms with Crippen molar-refractivity contribution in [2.24, 2.45) is 17.8 Å². The van der Waals surface area contributed by atoms with Gasteiger partial charge in [-0.25, -0.2) is 4.98 Å². The standard InChI is InChI=1S/C19H31N3OS/c1-13-11-22(12-17-10-20-15(3)24-17)9-8-18(13)21-19(23)14(2)16-6-4-5-7-16/h10,13-14,16,18H,4-9,11-12H2,1-3H3,(H,21,23). The van der Waals surface area contributed by atoms with Gasteiger partial charge in [0, 0.05) is 42.7 Å². The zero-order valence-corrected chi connectivity index (χ0v) is 16.1. The van der Waals surface area contributed by atoms with Crippen LogP contribution in [0.5, 0.6) is 0 Å². The summed E-state index contributed by atoms with van der Waals surface area (Å²) in [6, 6.07) is 0.334. The quantitative estimate of drug-likeness (QED) is 0.883. The van der Waals surface area contributed by atoms with E-state index in [1.54, 1.807) is 11.3 Å². The SMILES string of the molecule is Cc1ncc(CN2CCC(NC(=O)C(C)C3CCCC3)C(C)C2)s1. The fraction of sp³-hybridized carbons (Fsp3) is 0.789. The summed E-state index contributed by atoms with van der Waals surface area (Å²) in [5, 5.41) is 4.50. The van der Waals surface area contributed by atoms with Crippen molar-refractivity contribution in [2.45, 2.75) is 65.5 Å². The topological polar surface area (TPSA) is 45.2 Å². The van der Waals surface area contributed by atoms with E-state index in [9.17, 15) is 4.79 Å². The molecule has 24 heavy (non-hydrogen) atoms. The van der Waals surface area contributed by atoms with Crippen molar-refractivity contribution in [1.82, 2.24) is 15.2 Å². The summed E-state index contributed by atoms with van der Waals surface area (Å²) in [5.41, 5.74) is 0. The van der Waals surface area contributed by atoms with Crippen LogP contribution in [0, 0.1) is 24.7 Å². The maximum Gasteiger partial charge on any atom is 0.223 e. The molecule has 2 aliphatic rings. The minimum Gasteiger partial charge on any atom is -0.353 e. The van der Waals surface area contributed by atoms with Gasteiger partial charge in [0.05, 0.1) is 5.01 Å². The first kappa shape index (κ1) is 17.9. The van der Waals surface area contributed by atoms with Crippen LogP contribution in [0.1, 0.15) is 55.8 Å². The normalized spacial score (nSPS) is 27.3. The molecule has 1 N–H and O–H groups in total. The molecule has 1 aliphatic carbocycles. The molecule has 3 unspecified atom stereocenters. The lowest BCUT2D eigenvalue weighted by molar-refractivity contribution is -0.127. The van der Waals surface area contributed by atoms with Crippen LogP contribution >= 0.6 is 11.3 Å². The minimum atomic E-state index is 0.179. The Bertz CT molecular complexity index is 553. The van der Waals surface area contributed by atoms with Crippen molar-refractivity contribution in [3.63, 3.8) is 0 Å². The molecule has 134 valence electrons. The van der Waals surface area contributed by atoms with Crippen LogP contribution in [0.4, 0.5) is 0 Å². The Hall–Kier alpha value is -0.940. The molecule has 1 aromatic rings. The number of thiazole rings is 1. The van der Waals surface area contributed by atoms with Gasteiger partial charge in [0.25, 0.3) is 0 Å². The van der Waals surface area contributed by atoms with Gasteiger partial charge in [-0.1, -0.05) is 26.7 Å². The number of carbonyl (C=O) groups is 1. The van der Waals surface area contributed by atoms with Crippen LogP contribution < -0.4 is 5.32 Å². The lowest BCUT2D eigenvalue weighted by atomic mass is 9.89. The zero-order valence-electron chi connectivity index (χ0n) is 15.3. The van der Waals surface area contributed by atoms with E-state index < -0.39 is 0 Å². The largest absolute Gasteiger partial charge is 0.353 e. The van der Waals surface area contributed by atoms with E-state index in [1.807, 2.05) is 6.20 Å². The van der Waals surface area contributed by atoms with Crippen molar-refractivity contribution >= 4 is 17.2 Å². The Morgan fingerprint density at radius 3 is 2.79 bits per heavy atom. The number of likely N-dealkylation sites (tertiary alicyclic amines) is 1. The Kier molecular flexibility index (Phi) is 5.93. The zero-order chi connectivity index (χ0) is 17.1. The highest BCUT2D eigenvalue weighted by molar-refractivity contribution is 7.11. The van der Waals surface area contributed by atoms with Crippen LogP contribution in [-0.4, -0.2) is 34.9 Å². The highest BCUT2D eigenvalue weighted by atomic mass is 32.1. The number of nitrogens with zero attached hydrogens (tertiary/aromatic N) is 2. The number of piperidine rings is 1. The molecule has 5 heteroatoms. The molecule has 0 spiro atoms. The summed E-state index contributed by atoms with van der Waals surface area (Å²) in [6.07, 6.45) is 8.12. The number of carbonyl (C=O) groups excluding carboxylic acids is 1. The third-order valence-electron chi connectivity index (χ3n) is 5.89. The van der Waals surface area contributed by atoms with E-state index in [1.165, 1.54) is 30.6 Å². The lowest BCUT2D eigenvalue weighted by Crippen LogP contribution is -2.51. The smallest absolute Gasteiger partial charge is 0.223 e. The summed E-state index contributed by atoms with van der Waals surface area (Å²) < 4.78 is 0. The van der Waals surface area contributed by atoms with Gasteiger partial charge in [-0.2, -0.15) is 0 Å². The average molecular weight is 350 g/mol. The molecule has 3 atom stereocenters. The predicted molar refractivity (Wildman–Crippen MR) is 99.0 cm³/mol. The second kappa shape index (κ2) is 7.96. The first-order valence-corrected chi connectivity index (χ1v) is 10.3. The van der Waals surface area contributed by atoms with Crippen molar-refractivity contribution in [1.29, 1.82) is 0 Å². The summed E-state index contributed by atoms with van der Waals surface area (Å²) in [5.74, 6) is 1.57. The third-order valence-corrected chi connectivity index (χ3v) is 6.78. The fourth-order valence-electron chi connectivity index (χ4n) is 4.27. The minimum absolute atomic E-state index is 0.179. The van der Waals surface area contributed by atoms with E-state index in [-0.39, 0.29) is 11.8 Å². The van der Waals surface area contributed by atoms with Gasteiger partial charge in [0.1, 0.15) is 0 Å². The Labute approximate surface area is 150 Å². The van der Waals surface area contributed by atoms with E-state index in [0.29, 0.717) is 17.9 Å². The van der Waals surface area contributed by atoms with Crippen molar-refractivity contribution in [3.05, 3.63) is 16.1 Å². The molecule has 0 aromatic carbocycles. The molecule has 4 nitrogen and oxygen atoms in total. The molecule has 1 saturated heterocycles. The van der Waals surface area contributed by atoms with E-state index in [2.05, 4.69) is 36.0 Å². The maximum atomic E-state index is 12.6. The van der Waals surface area contributed by atoms with Crippen molar-refractivity contribution in [3.8, 4) is 0 Å². The Morgan fingerprint density at radius 1 is 1.42 bits per heavy atom. The molecule has 1 amide bonds. The van der Waals surface area contributed by atoms with Crippen molar-refractivity contribution < 1.29 is 4.79 Å². The summed E-state index contributed by atoms with van der Waals surface area (Å²) >= 11 is 1.79. The number of aromatic nitrogens is 1. The maximum absolute atomic E-state index is 12.6. The number of aryl methyl sites for hydroxylation is 1. The molecule has 1 aliphatic heterocycles. The second-order valence-electron chi connectivity index (χ2n) is 7.79. The van der Waals surface area contributed by atoms with Crippen LogP contribution in [0.3, 0.4) is 0 Å². The molecule has 1 aromatic heterocycles. The van der Waals surface area contributed by atoms with Crippen LogP contribution in [0.25, 0.3) is 0 Å². The first-order chi connectivity index (χ1) is 11.5. The molecule has 1 saturated carbocycles. The number of hydrogen-bond acceptors (Lipinski definition) is 4. The highest BCUT2D eigenvalue weighted by Gasteiger charge is 2.31. The molecule has 3 rings (SSSR count). The number of amides is 1. The molecule has 2 heterocycles. The monoisotopic (exact) mass is 349 g/mol. The van der Waals surface area contributed by atoms with Crippen LogP contribution in [0.2, 0.25) is 0 Å². The second-order valence-corrected chi connectivity index (χ2v) is 9.11. The van der Waals surface area contributed by atoms with Gasteiger partial charge in [-0.05, 0) is 38.0 Å². The van der Waals surface area contributed by atoms with Crippen LogP contribution in [0.15, 0.2) is 6.20 Å². The van der Waals surface area contributed by atoms with Gasteiger partial charge < -0.3 is 5.32 Å². The van der Waals surface area contributed by atoms with Crippen LogP contribution in [-0.2, 0) is 11.3 Å². The van der Waals surface area contributed by atoms with Gasteiger partial charge >= 0.3 is 0 Å². The van der Waals surface area contributed by atoms with Gasteiger partial charge in [0.15, 0.2) is 0 Å².